The fourth-order valence-electron chi connectivity index (χ4n) is 5.45. The Hall–Kier alpha value is -3.21. The van der Waals surface area contributed by atoms with E-state index in [4.69, 9.17) is 20.2 Å². The van der Waals surface area contributed by atoms with E-state index in [1.54, 1.807) is 30.2 Å². The van der Waals surface area contributed by atoms with Gasteiger partial charge in [0, 0.05) is 59.6 Å². The van der Waals surface area contributed by atoms with Crippen LogP contribution in [-0.4, -0.2) is 64.3 Å². The molecule has 0 saturated carbocycles. The van der Waals surface area contributed by atoms with Gasteiger partial charge in [-0.3, -0.25) is 9.38 Å². The minimum Gasteiger partial charge on any atom is -0.465 e. The minimum absolute atomic E-state index is 0.0607. The van der Waals surface area contributed by atoms with E-state index in [0.717, 1.165) is 59.3 Å². The molecule has 186 valence electrons. The maximum atomic E-state index is 12.2. The van der Waals surface area contributed by atoms with Gasteiger partial charge in [-0.25, -0.2) is 14.8 Å². The van der Waals surface area contributed by atoms with Crippen molar-refractivity contribution in [2.24, 2.45) is 11.1 Å². The molecule has 4 aromatic rings. The smallest absolute Gasteiger partial charge is 0.340 e. The molecule has 0 bridgehead atoms. The lowest BCUT2D eigenvalue weighted by molar-refractivity contribution is 0.0602. The summed E-state index contributed by atoms with van der Waals surface area (Å²) in [4.78, 5) is 30.4. The Labute approximate surface area is 213 Å². The molecule has 0 radical (unpaired) electrons. The number of anilines is 1. The molecule has 1 spiro atoms. The summed E-state index contributed by atoms with van der Waals surface area (Å²) in [6.07, 6.45) is 9.44. The van der Waals surface area contributed by atoms with Gasteiger partial charge in [0.2, 0.25) is 5.95 Å². The lowest BCUT2D eigenvalue weighted by Gasteiger charge is -2.41. The van der Waals surface area contributed by atoms with Gasteiger partial charge in [0.05, 0.1) is 35.8 Å². The van der Waals surface area contributed by atoms with Crippen molar-refractivity contribution in [1.82, 2.24) is 19.4 Å². The number of fused-ring (bicyclic) bond motifs is 2. The summed E-state index contributed by atoms with van der Waals surface area (Å²) < 4.78 is 12.9. The second-order valence-corrected chi connectivity index (χ2v) is 10.6. The number of hydrogen-bond acceptors (Lipinski definition) is 9. The second kappa shape index (κ2) is 9.02. The highest BCUT2D eigenvalue weighted by Crippen LogP contribution is 2.42. The fourth-order valence-corrected chi connectivity index (χ4v) is 6.44. The molecule has 2 N–H and O–H groups in total. The maximum absolute atomic E-state index is 12.2. The summed E-state index contributed by atoms with van der Waals surface area (Å²) in [5.74, 6) is 0.481. The number of ether oxygens (including phenoxy) is 2. The largest absolute Gasteiger partial charge is 0.465 e. The molecular weight excluding hydrogens is 476 g/mol. The van der Waals surface area contributed by atoms with E-state index in [9.17, 15) is 4.79 Å². The van der Waals surface area contributed by atoms with Crippen molar-refractivity contribution < 1.29 is 14.3 Å². The molecule has 2 fully saturated rings. The number of carbonyl (C=O) groups excluding carboxylic acids is 1. The lowest BCUT2D eigenvalue weighted by atomic mass is 9.73. The minimum atomic E-state index is -0.403. The number of piperidine rings is 1. The Morgan fingerprint density at radius 1 is 1.17 bits per heavy atom. The van der Waals surface area contributed by atoms with Crippen LogP contribution < -0.4 is 10.6 Å². The summed E-state index contributed by atoms with van der Waals surface area (Å²) in [5, 5.41) is 0.880. The van der Waals surface area contributed by atoms with Crippen molar-refractivity contribution in [3.63, 3.8) is 0 Å². The Morgan fingerprint density at radius 3 is 2.75 bits per heavy atom. The van der Waals surface area contributed by atoms with Gasteiger partial charge in [0.25, 0.3) is 0 Å². The van der Waals surface area contributed by atoms with Crippen LogP contribution in [0.1, 0.15) is 30.1 Å². The number of carbonyl (C=O) groups is 1. The Balaban J connectivity index is 1.30. The van der Waals surface area contributed by atoms with Crippen LogP contribution in [0.4, 0.5) is 5.95 Å². The lowest BCUT2D eigenvalue weighted by Crippen LogP contribution is -2.51. The Kier molecular flexibility index (Phi) is 5.82. The number of esters is 1. The number of para-hydroxylation sites is 1. The highest BCUT2D eigenvalue weighted by atomic mass is 32.2. The van der Waals surface area contributed by atoms with Crippen molar-refractivity contribution in [3.8, 4) is 0 Å². The van der Waals surface area contributed by atoms with Gasteiger partial charge in [-0.2, -0.15) is 0 Å². The van der Waals surface area contributed by atoms with Crippen molar-refractivity contribution in [3.05, 3.63) is 54.6 Å². The van der Waals surface area contributed by atoms with E-state index < -0.39 is 5.97 Å². The van der Waals surface area contributed by atoms with Crippen LogP contribution in [0.25, 0.3) is 16.6 Å². The number of hydrogen-bond donors (Lipinski definition) is 1. The van der Waals surface area contributed by atoms with Crippen LogP contribution in [0.3, 0.4) is 0 Å². The molecule has 6 rings (SSSR count). The van der Waals surface area contributed by atoms with E-state index >= 15 is 0 Å². The summed E-state index contributed by atoms with van der Waals surface area (Å²) in [6.45, 7) is 4.56. The number of aromatic nitrogens is 4. The van der Waals surface area contributed by atoms with Crippen LogP contribution >= 0.6 is 11.8 Å². The van der Waals surface area contributed by atoms with E-state index in [-0.39, 0.29) is 17.6 Å². The van der Waals surface area contributed by atoms with Crippen LogP contribution in [0.5, 0.6) is 0 Å². The van der Waals surface area contributed by atoms with Crippen molar-refractivity contribution in [2.75, 3.05) is 31.7 Å². The average Bonchev–Trinajstić information content (AvgIpc) is 3.51. The summed E-state index contributed by atoms with van der Waals surface area (Å²) in [6, 6.07) is 7.56. The van der Waals surface area contributed by atoms with Gasteiger partial charge in [-0.15, -0.1) is 0 Å². The fraction of sp³-hybridized carbons (Fsp3) is 0.385. The number of nitrogens with two attached hydrogens (primary N) is 1. The molecule has 1 aromatic carbocycles. The number of methoxy groups -OCH3 is 1. The number of imidazole rings is 1. The summed E-state index contributed by atoms with van der Waals surface area (Å²) in [5.41, 5.74) is 8.47. The second-order valence-electron chi connectivity index (χ2n) is 9.54. The zero-order chi connectivity index (χ0) is 24.9. The Morgan fingerprint density at radius 2 is 2.00 bits per heavy atom. The zero-order valence-electron chi connectivity index (χ0n) is 20.3. The molecule has 0 unspecified atom stereocenters. The van der Waals surface area contributed by atoms with Gasteiger partial charge < -0.3 is 20.1 Å². The maximum Gasteiger partial charge on any atom is 0.340 e. The number of nitrogens with zero attached hydrogens (tertiary/aromatic N) is 5. The van der Waals surface area contributed by atoms with E-state index in [1.165, 1.54) is 7.11 Å². The first-order valence-electron chi connectivity index (χ1n) is 12.1. The van der Waals surface area contributed by atoms with E-state index in [0.29, 0.717) is 11.1 Å². The molecule has 2 atom stereocenters. The van der Waals surface area contributed by atoms with Gasteiger partial charge in [-0.05, 0) is 31.9 Å². The van der Waals surface area contributed by atoms with E-state index in [1.807, 2.05) is 30.6 Å². The molecule has 36 heavy (non-hydrogen) atoms. The van der Waals surface area contributed by atoms with Gasteiger partial charge in [0.15, 0.2) is 5.65 Å². The first-order chi connectivity index (χ1) is 17.5. The van der Waals surface area contributed by atoms with Crippen LogP contribution in [0, 0.1) is 5.41 Å². The van der Waals surface area contributed by atoms with Crippen LogP contribution in [0.15, 0.2) is 58.8 Å². The van der Waals surface area contributed by atoms with Crippen LogP contribution in [-0.2, 0) is 9.47 Å². The number of pyridine rings is 1. The standard InChI is InChI=1S/C26H28N6O3S/c1-16-22(27)26(15-35-16)7-11-31(12-8-26)25-30-14-20(23-29-10-13-32(23)25)36-19-6-9-28-21-17(19)4-3-5-18(21)24(33)34-2/h3-6,9-10,13-14,16,22H,7-8,11-12,15,27H2,1-2H3/t16-,22+/m0/s1. The molecule has 2 aliphatic heterocycles. The molecule has 0 aliphatic carbocycles. The first kappa shape index (κ1) is 23.2. The molecule has 2 aliphatic rings. The summed E-state index contributed by atoms with van der Waals surface area (Å²) in [7, 11) is 1.38. The predicted molar refractivity (Wildman–Crippen MR) is 137 cm³/mol. The van der Waals surface area contributed by atoms with Crippen molar-refractivity contribution in [1.29, 1.82) is 0 Å². The van der Waals surface area contributed by atoms with Crippen molar-refractivity contribution >= 4 is 40.2 Å². The Bertz CT molecular complexity index is 1450. The topological polar surface area (TPSA) is 108 Å². The van der Waals surface area contributed by atoms with Gasteiger partial charge in [0.1, 0.15) is 0 Å². The average molecular weight is 505 g/mol. The monoisotopic (exact) mass is 504 g/mol. The third kappa shape index (κ3) is 3.71. The highest BCUT2D eigenvalue weighted by Gasteiger charge is 2.47. The quantitative estimate of drug-likeness (QED) is 0.417. The van der Waals surface area contributed by atoms with E-state index in [2.05, 4.69) is 26.2 Å². The molecule has 2 saturated heterocycles. The normalized spacial score (nSPS) is 21.5. The van der Waals surface area contributed by atoms with Gasteiger partial charge >= 0.3 is 5.97 Å². The number of rotatable bonds is 4. The molecule has 9 nitrogen and oxygen atoms in total. The third-order valence-electron chi connectivity index (χ3n) is 7.62. The third-order valence-corrected chi connectivity index (χ3v) is 8.70. The first-order valence-corrected chi connectivity index (χ1v) is 12.9. The number of benzene rings is 1. The molecule has 3 aromatic heterocycles. The molecular formula is C26H28N6O3S. The SMILES string of the molecule is COC(=O)c1cccc2c(Sc3cnc(N4CCC5(CC4)CO[C@@H](C)[C@H]5N)n4ccnc34)ccnc12. The van der Waals surface area contributed by atoms with Crippen LogP contribution in [0.2, 0.25) is 0 Å². The highest BCUT2D eigenvalue weighted by molar-refractivity contribution is 7.99. The molecule has 5 heterocycles. The molecule has 0 amide bonds. The predicted octanol–water partition coefficient (Wildman–Crippen LogP) is 3.55. The summed E-state index contributed by atoms with van der Waals surface area (Å²) >= 11 is 1.56. The van der Waals surface area contributed by atoms with Gasteiger partial charge in [-0.1, -0.05) is 23.9 Å². The zero-order valence-corrected chi connectivity index (χ0v) is 21.1. The van der Waals surface area contributed by atoms with Crippen molar-refractivity contribution in [2.45, 2.75) is 41.7 Å². The molecule has 10 heteroatoms.